The third-order valence-electron chi connectivity index (χ3n) is 4.72. The molecular formula is C23H28N2O3. The van der Waals surface area contributed by atoms with E-state index in [0.29, 0.717) is 41.5 Å². The molecule has 2 aromatic rings. The number of nitrogens with zero attached hydrogens (tertiary/aromatic N) is 1. The van der Waals surface area contributed by atoms with Crippen LogP contribution in [-0.2, 0) is 16.8 Å². The maximum Gasteiger partial charge on any atom is 0.334 e. The van der Waals surface area contributed by atoms with Gasteiger partial charge in [-0.1, -0.05) is 33.8 Å². The summed E-state index contributed by atoms with van der Waals surface area (Å²) in [5, 5.41) is 22.3. The van der Waals surface area contributed by atoms with Crippen LogP contribution in [0.25, 0.3) is 0 Å². The number of hydrogen-bond acceptors (Lipinski definition) is 4. The minimum absolute atomic E-state index is 0.346. The summed E-state index contributed by atoms with van der Waals surface area (Å²) in [6, 6.07) is 14.6. The number of anilines is 1. The van der Waals surface area contributed by atoms with E-state index in [1.165, 1.54) is 0 Å². The molecule has 1 unspecified atom stereocenters. The van der Waals surface area contributed by atoms with Gasteiger partial charge in [0.25, 0.3) is 0 Å². The molecule has 0 aliphatic carbocycles. The third-order valence-corrected chi connectivity index (χ3v) is 4.72. The molecule has 0 amide bonds. The van der Waals surface area contributed by atoms with Crippen molar-refractivity contribution < 1.29 is 14.6 Å². The van der Waals surface area contributed by atoms with E-state index in [2.05, 4.69) is 25.2 Å². The lowest BCUT2D eigenvalue weighted by molar-refractivity contribution is -0.142. The Kier molecular flexibility index (Phi) is 7.06. The molecule has 28 heavy (non-hydrogen) atoms. The minimum atomic E-state index is -1.30. The number of hydrogen-bond donors (Lipinski definition) is 2. The molecule has 2 N–H and O–H groups in total. The van der Waals surface area contributed by atoms with Gasteiger partial charge in [0.05, 0.1) is 18.2 Å². The molecule has 5 nitrogen and oxygen atoms in total. The van der Waals surface area contributed by atoms with Crippen molar-refractivity contribution in [2.24, 2.45) is 5.92 Å². The zero-order valence-corrected chi connectivity index (χ0v) is 17.0. The monoisotopic (exact) mass is 380 g/mol. The molecule has 5 heteroatoms. The zero-order valence-electron chi connectivity index (χ0n) is 17.0. The first-order chi connectivity index (χ1) is 13.3. The maximum atomic E-state index is 12.4. The van der Waals surface area contributed by atoms with E-state index < -0.39 is 11.5 Å². The van der Waals surface area contributed by atoms with Gasteiger partial charge in [-0.25, -0.2) is 4.79 Å². The number of carbonyl (C=O) groups is 1. The van der Waals surface area contributed by atoms with Crippen LogP contribution in [0.3, 0.4) is 0 Å². The maximum absolute atomic E-state index is 12.4. The summed E-state index contributed by atoms with van der Waals surface area (Å²) in [6.45, 7) is 8.60. The highest BCUT2D eigenvalue weighted by Gasteiger charge is 2.39. The number of aryl methyl sites for hydroxylation is 1. The first-order valence-electron chi connectivity index (χ1n) is 9.63. The van der Waals surface area contributed by atoms with Crippen molar-refractivity contribution in [2.75, 3.05) is 11.9 Å². The largest absolute Gasteiger partial charge is 0.493 e. The van der Waals surface area contributed by atoms with E-state index in [1.807, 2.05) is 32.0 Å². The number of nitriles is 1. The summed E-state index contributed by atoms with van der Waals surface area (Å²) in [5.41, 5.74) is 1.56. The Bertz CT molecular complexity index is 853. The zero-order chi connectivity index (χ0) is 20.7. The van der Waals surface area contributed by atoms with Crippen molar-refractivity contribution in [3.63, 3.8) is 0 Å². The molecule has 2 rings (SSSR count). The van der Waals surface area contributed by atoms with Crippen LogP contribution in [0.4, 0.5) is 5.69 Å². The summed E-state index contributed by atoms with van der Waals surface area (Å²) in [4.78, 5) is 12.4. The Morgan fingerprint density at radius 1 is 1.21 bits per heavy atom. The van der Waals surface area contributed by atoms with Crippen LogP contribution >= 0.6 is 0 Å². The van der Waals surface area contributed by atoms with Crippen molar-refractivity contribution in [3.05, 3.63) is 59.2 Å². The predicted octanol–water partition coefficient (Wildman–Crippen LogP) is 4.96. The van der Waals surface area contributed by atoms with Gasteiger partial charge in [-0.2, -0.15) is 5.26 Å². The number of rotatable bonds is 9. The Labute approximate surface area is 167 Å². The Balaban J connectivity index is 2.49. The highest BCUT2D eigenvalue weighted by atomic mass is 16.5. The van der Waals surface area contributed by atoms with E-state index in [-0.39, 0.29) is 0 Å². The van der Waals surface area contributed by atoms with Gasteiger partial charge in [-0.15, -0.1) is 0 Å². The molecule has 0 aromatic heterocycles. The van der Waals surface area contributed by atoms with Crippen LogP contribution in [0, 0.1) is 17.2 Å². The second-order valence-electron chi connectivity index (χ2n) is 7.30. The molecule has 1 atom stereocenters. The Hall–Kier alpha value is -3.00. The topological polar surface area (TPSA) is 82.3 Å². The summed E-state index contributed by atoms with van der Waals surface area (Å²) < 4.78 is 5.89. The standard InChI is InChI=1S/C23H28N2O3/c1-5-17-11-19(13-21(12-17)28-15-16(3)4)23(6-2,22(26)27)25-20-9-7-18(14-24)8-10-20/h7-13,16,25H,5-6,15H2,1-4H3,(H,26,27). The number of nitrogens with one attached hydrogen (secondary N) is 1. The van der Waals surface area contributed by atoms with Crippen LogP contribution in [0.1, 0.15) is 50.8 Å². The van der Waals surface area contributed by atoms with E-state index in [0.717, 1.165) is 12.0 Å². The molecule has 0 saturated carbocycles. The van der Waals surface area contributed by atoms with Gasteiger partial charge in [0.1, 0.15) is 5.75 Å². The van der Waals surface area contributed by atoms with Gasteiger partial charge in [0, 0.05) is 5.69 Å². The highest BCUT2D eigenvalue weighted by molar-refractivity contribution is 5.85. The fourth-order valence-electron chi connectivity index (χ4n) is 3.02. The Morgan fingerprint density at radius 3 is 2.39 bits per heavy atom. The van der Waals surface area contributed by atoms with Crippen molar-refractivity contribution in [1.82, 2.24) is 0 Å². The molecule has 0 radical (unpaired) electrons. The van der Waals surface area contributed by atoms with E-state index in [1.54, 1.807) is 24.3 Å². The van der Waals surface area contributed by atoms with E-state index in [4.69, 9.17) is 10.00 Å². The van der Waals surface area contributed by atoms with Gasteiger partial charge in [0.15, 0.2) is 5.54 Å². The summed E-state index contributed by atoms with van der Waals surface area (Å²) in [7, 11) is 0. The van der Waals surface area contributed by atoms with Gasteiger partial charge in [0.2, 0.25) is 0 Å². The lowest BCUT2D eigenvalue weighted by Crippen LogP contribution is -2.43. The SMILES string of the molecule is CCc1cc(OCC(C)C)cc(C(CC)(Nc2ccc(C#N)cc2)C(=O)O)c1. The molecule has 148 valence electrons. The fraction of sp³-hybridized carbons (Fsp3) is 0.391. The number of ether oxygens (including phenoxy) is 1. The molecule has 0 spiro atoms. The molecular weight excluding hydrogens is 352 g/mol. The number of carboxylic acid groups (broad SMARTS) is 1. The smallest absolute Gasteiger partial charge is 0.334 e. The molecule has 0 saturated heterocycles. The minimum Gasteiger partial charge on any atom is -0.493 e. The van der Waals surface area contributed by atoms with E-state index >= 15 is 0 Å². The van der Waals surface area contributed by atoms with Crippen molar-refractivity contribution in [3.8, 4) is 11.8 Å². The first-order valence-corrected chi connectivity index (χ1v) is 9.63. The van der Waals surface area contributed by atoms with Crippen LogP contribution in [0.15, 0.2) is 42.5 Å². The van der Waals surface area contributed by atoms with Crippen molar-refractivity contribution >= 4 is 11.7 Å². The average Bonchev–Trinajstić information content (AvgIpc) is 2.70. The molecule has 2 aromatic carbocycles. The molecule has 0 aliphatic heterocycles. The Morgan fingerprint density at radius 2 is 1.89 bits per heavy atom. The van der Waals surface area contributed by atoms with Crippen LogP contribution in [0.5, 0.6) is 5.75 Å². The molecule has 0 aliphatic rings. The summed E-state index contributed by atoms with van der Waals surface area (Å²) in [6.07, 6.45) is 1.13. The lowest BCUT2D eigenvalue weighted by Gasteiger charge is -2.32. The highest BCUT2D eigenvalue weighted by Crippen LogP contribution is 2.34. The molecule has 0 heterocycles. The molecule has 0 bridgehead atoms. The first kappa shape index (κ1) is 21.3. The van der Waals surface area contributed by atoms with Gasteiger partial charge in [-0.3, -0.25) is 0 Å². The second-order valence-corrected chi connectivity index (χ2v) is 7.30. The number of carboxylic acids is 1. The van der Waals surface area contributed by atoms with Crippen molar-refractivity contribution in [1.29, 1.82) is 5.26 Å². The summed E-state index contributed by atoms with van der Waals surface area (Å²) >= 11 is 0. The normalized spacial score (nSPS) is 12.9. The quantitative estimate of drug-likeness (QED) is 0.643. The number of benzene rings is 2. The predicted molar refractivity (Wildman–Crippen MR) is 111 cm³/mol. The van der Waals surface area contributed by atoms with Gasteiger partial charge < -0.3 is 15.2 Å². The van der Waals surface area contributed by atoms with Gasteiger partial charge in [-0.05, 0) is 66.3 Å². The second kappa shape index (κ2) is 9.27. The van der Waals surface area contributed by atoms with Crippen molar-refractivity contribution in [2.45, 2.75) is 46.1 Å². The third kappa shape index (κ3) is 4.83. The number of aliphatic carboxylic acids is 1. The fourth-order valence-corrected chi connectivity index (χ4v) is 3.02. The van der Waals surface area contributed by atoms with Gasteiger partial charge >= 0.3 is 5.97 Å². The average molecular weight is 380 g/mol. The van der Waals surface area contributed by atoms with Crippen LogP contribution in [-0.4, -0.2) is 17.7 Å². The molecule has 0 fully saturated rings. The summed E-state index contributed by atoms with van der Waals surface area (Å²) in [5.74, 6) is 0.104. The van der Waals surface area contributed by atoms with Crippen LogP contribution < -0.4 is 10.1 Å². The lowest BCUT2D eigenvalue weighted by atomic mass is 9.85. The van der Waals surface area contributed by atoms with Crippen LogP contribution in [0.2, 0.25) is 0 Å². The van der Waals surface area contributed by atoms with E-state index in [9.17, 15) is 9.90 Å².